The summed E-state index contributed by atoms with van der Waals surface area (Å²) in [5.41, 5.74) is 0. The number of nitrogens with zero attached hydrogens (tertiary/aromatic N) is 2. The van der Waals surface area contributed by atoms with Crippen LogP contribution >= 0.6 is 0 Å². The molecule has 10 nitrogen and oxygen atoms in total. The second-order valence-electron chi connectivity index (χ2n) is 7.88. The molecule has 0 aliphatic carbocycles. The van der Waals surface area contributed by atoms with Crippen molar-refractivity contribution < 1.29 is 32.0 Å². The van der Waals surface area contributed by atoms with Crippen molar-refractivity contribution in [2.45, 2.75) is 24.8 Å². The van der Waals surface area contributed by atoms with E-state index < -0.39 is 40.5 Å². The predicted octanol–water partition coefficient (Wildman–Crippen LogP) is 1.11. The minimum absolute atomic E-state index is 0.0628. The van der Waals surface area contributed by atoms with Gasteiger partial charge in [0.1, 0.15) is 6.04 Å². The third kappa shape index (κ3) is 5.99. The topological polar surface area (TPSA) is 126 Å². The van der Waals surface area contributed by atoms with Crippen LogP contribution in [0.4, 0.5) is 0 Å². The molecule has 0 bridgehead atoms. The zero-order chi connectivity index (χ0) is 24.0. The largest absolute Gasteiger partial charge is 0.459 e. The molecule has 1 aromatic carbocycles. The van der Waals surface area contributed by atoms with Crippen LogP contribution in [-0.2, 0) is 24.3 Å². The summed E-state index contributed by atoms with van der Waals surface area (Å²) in [4.78, 5) is 38.8. The molecular weight excluding hydrogens is 450 g/mol. The van der Waals surface area contributed by atoms with Crippen molar-refractivity contribution in [2.75, 3.05) is 32.8 Å². The number of benzene rings is 1. The van der Waals surface area contributed by atoms with Gasteiger partial charge in [-0.05, 0) is 30.2 Å². The van der Waals surface area contributed by atoms with Gasteiger partial charge in [-0.25, -0.2) is 13.2 Å². The number of carbonyl (C=O) groups excluding carboxylic acids is 3. The van der Waals surface area contributed by atoms with Crippen molar-refractivity contribution in [3.05, 3.63) is 54.5 Å². The highest BCUT2D eigenvalue weighted by Crippen LogP contribution is 2.17. The third-order valence-corrected chi connectivity index (χ3v) is 7.18. The number of ether oxygens (including phenoxy) is 1. The fraction of sp³-hybridized carbons (Fsp3) is 0.409. The van der Waals surface area contributed by atoms with Gasteiger partial charge in [0, 0.05) is 26.2 Å². The monoisotopic (exact) mass is 477 g/mol. The third-order valence-electron chi connectivity index (χ3n) is 5.26. The van der Waals surface area contributed by atoms with Crippen molar-refractivity contribution >= 4 is 27.8 Å². The van der Waals surface area contributed by atoms with Gasteiger partial charge in [0.25, 0.3) is 11.8 Å². The van der Waals surface area contributed by atoms with Crippen LogP contribution in [-0.4, -0.2) is 74.2 Å². The molecule has 1 saturated heterocycles. The van der Waals surface area contributed by atoms with Gasteiger partial charge in [0.05, 0.1) is 11.2 Å². The molecule has 3 rings (SSSR count). The first-order valence-electron chi connectivity index (χ1n) is 10.5. The van der Waals surface area contributed by atoms with E-state index in [1.165, 1.54) is 33.7 Å². The Kier molecular flexibility index (Phi) is 7.88. The summed E-state index contributed by atoms with van der Waals surface area (Å²) in [6, 6.07) is 10.2. The lowest BCUT2D eigenvalue weighted by Crippen LogP contribution is -2.52. The summed E-state index contributed by atoms with van der Waals surface area (Å²) in [6.45, 7) is 3.64. The van der Waals surface area contributed by atoms with Crippen LogP contribution in [0.5, 0.6) is 0 Å². The Bertz CT molecular complexity index is 1060. The molecule has 33 heavy (non-hydrogen) atoms. The van der Waals surface area contributed by atoms with Crippen molar-refractivity contribution in [2.24, 2.45) is 5.92 Å². The second kappa shape index (κ2) is 10.6. The van der Waals surface area contributed by atoms with Gasteiger partial charge in [-0.3, -0.25) is 9.59 Å². The van der Waals surface area contributed by atoms with Gasteiger partial charge in [0.2, 0.25) is 10.0 Å². The first kappa shape index (κ1) is 24.5. The summed E-state index contributed by atoms with van der Waals surface area (Å²) in [6.07, 6.45) is 1.35. The number of rotatable bonds is 8. The van der Waals surface area contributed by atoms with E-state index >= 15 is 0 Å². The van der Waals surface area contributed by atoms with Crippen LogP contribution in [0.25, 0.3) is 0 Å². The summed E-state index contributed by atoms with van der Waals surface area (Å²) < 4.78 is 36.9. The molecule has 0 saturated carbocycles. The maximum atomic E-state index is 12.7. The van der Waals surface area contributed by atoms with Crippen LogP contribution in [0.1, 0.15) is 24.4 Å². The molecule has 1 atom stereocenters. The lowest BCUT2D eigenvalue weighted by molar-refractivity contribution is -0.154. The normalized spacial score (nSPS) is 15.8. The van der Waals surface area contributed by atoms with Gasteiger partial charge in [-0.15, -0.1) is 0 Å². The summed E-state index contributed by atoms with van der Waals surface area (Å²) >= 11 is 0. The van der Waals surface area contributed by atoms with Crippen LogP contribution in [0.15, 0.2) is 58.0 Å². The Morgan fingerprint density at radius 3 is 2.27 bits per heavy atom. The van der Waals surface area contributed by atoms with Crippen molar-refractivity contribution in [3.8, 4) is 0 Å². The molecule has 11 heteroatoms. The number of piperazine rings is 1. The maximum absolute atomic E-state index is 12.7. The van der Waals surface area contributed by atoms with E-state index in [2.05, 4.69) is 5.32 Å². The van der Waals surface area contributed by atoms with E-state index in [1.807, 2.05) is 0 Å². The molecule has 1 fully saturated rings. The van der Waals surface area contributed by atoms with Gasteiger partial charge < -0.3 is 19.4 Å². The van der Waals surface area contributed by atoms with E-state index in [4.69, 9.17) is 9.15 Å². The molecule has 1 aliphatic rings. The number of hydrogen-bond acceptors (Lipinski definition) is 7. The molecule has 178 valence electrons. The molecule has 0 unspecified atom stereocenters. The van der Waals surface area contributed by atoms with Crippen molar-refractivity contribution in [1.29, 1.82) is 0 Å². The smallest absolute Gasteiger partial charge is 0.329 e. The highest BCUT2D eigenvalue weighted by Gasteiger charge is 2.31. The highest BCUT2D eigenvalue weighted by atomic mass is 32.2. The molecule has 2 heterocycles. The van der Waals surface area contributed by atoms with Crippen LogP contribution in [0, 0.1) is 5.92 Å². The highest BCUT2D eigenvalue weighted by molar-refractivity contribution is 7.89. The minimum atomic E-state index is -3.63. The number of nitrogens with one attached hydrogen (secondary N) is 1. The fourth-order valence-corrected chi connectivity index (χ4v) is 4.79. The van der Waals surface area contributed by atoms with E-state index in [0.717, 1.165) is 0 Å². The Hall–Kier alpha value is -3.18. The Morgan fingerprint density at radius 2 is 1.70 bits per heavy atom. The predicted molar refractivity (Wildman–Crippen MR) is 118 cm³/mol. The molecular formula is C22H27N3O7S. The number of amides is 2. The Labute approximate surface area is 192 Å². The summed E-state index contributed by atoms with van der Waals surface area (Å²) in [5, 5.41) is 2.55. The Balaban J connectivity index is 1.50. The molecule has 0 spiro atoms. The molecule has 2 amide bonds. The molecule has 1 aliphatic heterocycles. The van der Waals surface area contributed by atoms with E-state index in [0.29, 0.717) is 0 Å². The molecule has 1 N–H and O–H groups in total. The van der Waals surface area contributed by atoms with Crippen molar-refractivity contribution in [3.63, 3.8) is 0 Å². The van der Waals surface area contributed by atoms with Gasteiger partial charge in [0.15, 0.2) is 12.4 Å². The van der Waals surface area contributed by atoms with E-state index in [9.17, 15) is 22.8 Å². The number of esters is 1. The zero-order valence-electron chi connectivity index (χ0n) is 18.5. The molecule has 1 aromatic heterocycles. The van der Waals surface area contributed by atoms with Crippen LogP contribution in [0.3, 0.4) is 0 Å². The SMILES string of the molecule is CC(C)[C@H](NC(=O)c1ccco1)C(=O)OCC(=O)N1CCN(S(=O)(=O)c2ccccc2)CC1. The number of carbonyl (C=O) groups is 3. The van der Waals surface area contributed by atoms with Crippen LogP contribution in [0.2, 0.25) is 0 Å². The first-order valence-corrected chi connectivity index (χ1v) is 12.0. The summed E-state index contributed by atoms with van der Waals surface area (Å²) in [7, 11) is -3.63. The average molecular weight is 478 g/mol. The number of hydrogen-bond donors (Lipinski definition) is 1. The average Bonchev–Trinajstić information content (AvgIpc) is 3.36. The van der Waals surface area contributed by atoms with Crippen molar-refractivity contribution in [1.82, 2.24) is 14.5 Å². The molecule has 2 aromatic rings. The fourth-order valence-electron chi connectivity index (χ4n) is 3.35. The minimum Gasteiger partial charge on any atom is -0.459 e. The number of sulfonamides is 1. The second-order valence-corrected chi connectivity index (χ2v) is 9.82. The van der Waals surface area contributed by atoms with Crippen LogP contribution < -0.4 is 5.32 Å². The van der Waals surface area contributed by atoms with Gasteiger partial charge in [-0.1, -0.05) is 32.0 Å². The Morgan fingerprint density at radius 1 is 1.03 bits per heavy atom. The van der Waals surface area contributed by atoms with E-state index in [-0.39, 0.29) is 42.8 Å². The van der Waals surface area contributed by atoms with E-state index in [1.54, 1.807) is 38.1 Å². The lowest BCUT2D eigenvalue weighted by Gasteiger charge is -2.34. The summed E-state index contributed by atoms with van der Waals surface area (Å²) in [5.74, 6) is -1.94. The molecule has 0 radical (unpaired) electrons. The number of furan rings is 1. The van der Waals surface area contributed by atoms with Gasteiger partial charge >= 0.3 is 5.97 Å². The quantitative estimate of drug-likeness (QED) is 0.565. The van der Waals surface area contributed by atoms with Gasteiger partial charge in [-0.2, -0.15) is 4.31 Å². The zero-order valence-corrected chi connectivity index (χ0v) is 19.3. The maximum Gasteiger partial charge on any atom is 0.329 e. The standard InChI is InChI=1S/C22H27N3O7S/c1-16(2)20(23-21(27)18-9-6-14-31-18)22(28)32-15-19(26)24-10-12-25(13-11-24)33(29,30)17-7-4-3-5-8-17/h3-9,14,16,20H,10-13,15H2,1-2H3,(H,23,27)/t20-/m0/s1. The lowest BCUT2D eigenvalue weighted by atomic mass is 10.0. The first-order chi connectivity index (χ1) is 15.7.